The van der Waals surface area contributed by atoms with Crippen LogP contribution in [0.3, 0.4) is 0 Å². The van der Waals surface area contributed by atoms with E-state index in [9.17, 15) is 0 Å². The van der Waals surface area contributed by atoms with Crippen LogP contribution in [0.2, 0.25) is 5.28 Å². The van der Waals surface area contributed by atoms with Crippen molar-refractivity contribution in [2.45, 2.75) is 6.42 Å². The summed E-state index contributed by atoms with van der Waals surface area (Å²) in [6.07, 6.45) is 1.04. The lowest BCUT2D eigenvalue weighted by molar-refractivity contribution is 0.166. The van der Waals surface area contributed by atoms with Crippen molar-refractivity contribution in [2.24, 2.45) is 5.92 Å². The normalized spacial score (nSPS) is 19.3. The lowest BCUT2D eigenvalue weighted by atomic mass is 10.1. The Kier molecular flexibility index (Phi) is 3.30. The minimum Gasteiger partial charge on any atom is -0.477 e. The van der Waals surface area contributed by atoms with E-state index in [1.165, 1.54) is 0 Å². The molecule has 1 aromatic carbocycles. The summed E-state index contributed by atoms with van der Waals surface area (Å²) >= 11 is 5.89. The molecule has 1 aliphatic rings. The van der Waals surface area contributed by atoms with E-state index in [1.54, 1.807) is 0 Å². The van der Waals surface area contributed by atoms with Crippen molar-refractivity contribution in [1.82, 2.24) is 9.97 Å². The number of rotatable bonds is 3. The largest absolute Gasteiger partial charge is 0.477 e. The van der Waals surface area contributed by atoms with E-state index in [2.05, 4.69) is 9.97 Å². The maximum atomic E-state index is 5.89. The first-order chi connectivity index (χ1) is 8.83. The van der Waals surface area contributed by atoms with Gasteiger partial charge in [0.05, 0.1) is 24.1 Å². The molecule has 1 saturated heterocycles. The molecule has 4 nitrogen and oxygen atoms in total. The zero-order valence-corrected chi connectivity index (χ0v) is 10.6. The average Bonchev–Trinajstić information content (AvgIpc) is 2.89. The lowest BCUT2D eigenvalue weighted by Crippen LogP contribution is -2.12. The Morgan fingerprint density at radius 2 is 2.22 bits per heavy atom. The van der Waals surface area contributed by atoms with Crippen LogP contribution in [0.5, 0.6) is 5.88 Å². The Bertz CT molecular complexity index is 556. The van der Waals surface area contributed by atoms with Crippen LogP contribution < -0.4 is 4.74 Å². The molecule has 18 heavy (non-hydrogen) atoms. The minimum absolute atomic E-state index is 0.214. The molecule has 94 valence electrons. The van der Waals surface area contributed by atoms with Crippen LogP contribution in [0.25, 0.3) is 10.9 Å². The molecule has 0 amide bonds. The molecule has 0 saturated carbocycles. The third kappa shape index (κ3) is 2.40. The van der Waals surface area contributed by atoms with Crippen LogP contribution in [0, 0.1) is 5.92 Å². The number of hydrogen-bond donors (Lipinski definition) is 0. The second-order valence-electron chi connectivity index (χ2n) is 4.36. The molecule has 0 bridgehead atoms. The van der Waals surface area contributed by atoms with E-state index in [-0.39, 0.29) is 5.28 Å². The molecule has 0 radical (unpaired) electrons. The second kappa shape index (κ2) is 5.08. The number of aromatic nitrogens is 2. The Balaban J connectivity index is 1.85. The van der Waals surface area contributed by atoms with Gasteiger partial charge in [0, 0.05) is 12.5 Å². The van der Waals surface area contributed by atoms with E-state index < -0.39 is 0 Å². The third-order valence-corrected chi connectivity index (χ3v) is 3.19. The van der Waals surface area contributed by atoms with Crippen molar-refractivity contribution in [3.05, 3.63) is 29.5 Å². The fourth-order valence-corrected chi connectivity index (χ4v) is 2.21. The molecule has 1 atom stereocenters. The van der Waals surface area contributed by atoms with Gasteiger partial charge >= 0.3 is 0 Å². The SMILES string of the molecule is Clc1nc(OCC2CCOC2)c2ccccc2n1. The Hall–Kier alpha value is -1.39. The lowest BCUT2D eigenvalue weighted by Gasteiger charge is -2.11. The summed E-state index contributed by atoms with van der Waals surface area (Å²) in [4.78, 5) is 8.32. The highest BCUT2D eigenvalue weighted by Crippen LogP contribution is 2.25. The van der Waals surface area contributed by atoms with Gasteiger partial charge in [0.1, 0.15) is 0 Å². The van der Waals surface area contributed by atoms with E-state index in [4.69, 9.17) is 21.1 Å². The molecule has 1 aromatic heterocycles. The van der Waals surface area contributed by atoms with Crippen LogP contribution in [0.15, 0.2) is 24.3 Å². The quantitative estimate of drug-likeness (QED) is 0.800. The predicted octanol–water partition coefficient (Wildman–Crippen LogP) is 2.70. The second-order valence-corrected chi connectivity index (χ2v) is 4.69. The maximum absolute atomic E-state index is 5.89. The van der Waals surface area contributed by atoms with Crippen molar-refractivity contribution in [3.8, 4) is 5.88 Å². The fraction of sp³-hybridized carbons (Fsp3) is 0.385. The summed E-state index contributed by atoms with van der Waals surface area (Å²) in [5, 5.41) is 1.10. The fourth-order valence-electron chi connectivity index (χ4n) is 2.04. The van der Waals surface area contributed by atoms with Gasteiger partial charge in [-0.25, -0.2) is 4.98 Å². The molecule has 0 spiro atoms. The zero-order chi connectivity index (χ0) is 12.4. The minimum atomic E-state index is 0.214. The van der Waals surface area contributed by atoms with Gasteiger partial charge in [-0.3, -0.25) is 0 Å². The summed E-state index contributed by atoms with van der Waals surface area (Å²) in [7, 11) is 0. The molecule has 2 aromatic rings. The molecule has 5 heteroatoms. The van der Waals surface area contributed by atoms with Crippen molar-refractivity contribution in [3.63, 3.8) is 0 Å². The summed E-state index contributed by atoms with van der Waals surface area (Å²) < 4.78 is 11.1. The van der Waals surface area contributed by atoms with Gasteiger partial charge in [-0.15, -0.1) is 0 Å². The van der Waals surface area contributed by atoms with E-state index in [0.717, 1.165) is 30.5 Å². The monoisotopic (exact) mass is 264 g/mol. The highest BCUT2D eigenvalue weighted by molar-refractivity contribution is 6.28. The third-order valence-electron chi connectivity index (χ3n) is 3.02. The van der Waals surface area contributed by atoms with Crippen molar-refractivity contribution in [2.75, 3.05) is 19.8 Å². The highest BCUT2D eigenvalue weighted by Gasteiger charge is 2.17. The van der Waals surface area contributed by atoms with Gasteiger partial charge in [-0.2, -0.15) is 4.98 Å². The predicted molar refractivity (Wildman–Crippen MR) is 69.0 cm³/mol. The number of para-hydroxylation sites is 1. The summed E-state index contributed by atoms with van der Waals surface area (Å²) in [6.45, 7) is 2.19. The first kappa shape index (κ1) is 11.7. The number of benzene rings is 1. The van der Waals surface area contributed by atoms with Crippen LogP contribution in [-0.4, -0.2) is 29.8 Å². The molecule has 0 N–H and O–H groups in total. The summed E-state index contributed by atoms with van der Waals surface area (Å²) in [5.74, 6) is 0.995. The van der Waals surface area contributed by atoms with E-state index in [0.29, 0.717) is 18.4 Å². The standard InChI is InChI=1S/C13H13ClN2O2/c14-13-15-11-4-2-1-3-10(11)12(16-13)18-8-9-5-6-17-7-9/h1-4,9H,5-8H2. The molecule has 1 fully saturated rings. The number of halogens is 1. The van der Waals surface area contributed by atoms with Crippen molar-refractivity contribution >= 4 is 22.5 Å². The average molecular weight is 265 g/mol. The maximum Gasteiger partial charge on any atom is 0.226 e. The zero-order valence-electron chi connectivity index (χ0n) is 9.80. The Labute approximate surface area is 110 Å². The van der Waals surface area contributed by atoms with Crippen LogP contribution in [0.4, 0.5) is 0 Å². The van der Waals surface area contributed by atoms with Gasteiger partial charge < -0.3 is 9.47 Å². The molecule has 3 rings (SSSR count). The topological polar surface area (TPSA) is 44.2 Å². The number of ether oxygens (including phenoxy) is 2. The first-order valence-electron chi connectivity index (χ1n) is 5.96. The van der Waals surface area contributed by atoms with Gasteiger partial charge in [0.2, 0.25) is 11.2 Å². The van der Waals surface area contributed by atoms with Crippen LogP contribution in [-0.2, 0) is 4.74 Å². The van der Waals surface area contributed by atoms with Gasteiger partial charge in [-0.05, 0) is 30.2 Å². The Morgan fingerprint density at radius 1 is 1.33 bits per heavy atom. The van der Waals surface area contributed by atoms with Crippen LogP contribution in [0.1, 0.15) is 6.42 Å². The van der Waals surface area contributed by atoms with Crippen LogP contribution >= 0.6 is 11.6 Å². The number of hydrogen-bond acceptors (Lipinski definition) is 4. The van der Waals surface area contributed by atoms with Gasteiger partial charge in [-0.1, -0.05) is 12.1 Å². The number of fused-ring (bicyclic) bond motifs is 1. The smallest absolute Gasteiger partial charge is 0.226 e. The van der Waals surface area contributed by atoms with Crippen molar-refractivity contribution < 1.29 is 9.47 Å². The number of nitrogens with zero attached hydrogens (tertiary/aromatic N) is 2. The molecule has 1 unspecified atom stereocenters. The molecular formula is C13H13ClN2O2. The molecule has 0 aliphatic carbocycles. The van der Waals surface area contributed by atoms with Gasteiger partial charge in [0.25, 0.3) is 0 Å². The summed E-state index contributed by atoms with van der Waals surface area (Å²) in [6, 6.07) is 7.69. The summed E-state index contributed by atoms with van der Waals surface area (Å²) in [5.41, 5.74) is 0.801. The van der Waals surface area contributed by atoms with E-state index in [1.807, 2.05) is 24.3 Å². The molecule has 1 aliphatic heterocycles. The van der Waals surface area contributed by atoms with E-state index >= 15 is 0 Å². The Morgan fingerprint density at radius 3 is 3.06 bits per heavy atom. The molecule has 2 heterocycles. The van der Waals surface area contributed by atoms with Gasteiger partial charge in [0.15, 0.2) is 0 Å². The highest BCUT2D eigenvalue weighted by atomic mass is 35.5. The molecular weight excluding hydrogens is 252 g/mol. The van der Waals surface area contributed by atoms with Crippen molar-refractivity contribution in [1.29, 1.82) is 0 Å². The first-order valence-corrected chi connectivity index (χ1v) is 6.33.